The lowest BCUT2D eigenvalue weighted by atomic mass is 10.3. The lowest BCUT2D eigenvalue weighted by molar-refractivity contribution is 0.415. The molecule has 0 bridgehead atoms. The van der Waals surface area contributed by atoms with E-state index in [0.29, 0.717) is 17.4 Å². The Labute approximate surface area is 101 Å². The molecule has 1 unspecified atom stereocenters. The van der Waals surface area contributed by atoms with Gasteiger partial charge < -0.3 is 15.8 Å². The molecule has 2 aliphatic carbocycles. The van der Waals surface area contributed by atoms with Crippen molar-refractivity contribution in [3.05, 3.63) is 24.3 Å². The summed E-state index contributed by atoms with van der Waals surface area (Å²) in [5.74, 6) is 1.32. The van der Waals surface area contributed by atoms with Crippen LogP contribution in [0.2, 0.25) is 0 Å². The van der Waals surface area contributed by atoms with Gasteiger partial charge in [-0.2, -0.15) is 0 Å². The van der Waals surface area contributed by atoms with E-state index in [1.54, 1.807) is 7.11 Å². The molecule has 1 spiro atoms. The minimum absolute atomic E-state index is 0.459. The van der Waals surface area contributed by atoms with Gasteiger partial charge in [0.1, 0.15) is 5.75 Å². The van der Waals surface area contributed by atoms with E-state index in [2.05, 4.69) is 10.3 Å². The molecular formula is C13H17N3O. The second kappa shape index (κ2) is 3.65. The van der Waals surface area contributed by atoms with Crippen molar-refractivity contribution in [2.24, 2.45) is 16.1 Å². The van der Waals surface area contributed by atoms with Crippen LogP contribution in [-0.4, -0.2) is 19.1 Å². The van der Waals surface area contributed by atoms with E-state index in [1.807, 2.05) is 24.3 Å². The SMILES string of the molecule is COc1cccc(NC(N)=NC2CC23CC3)c1. The number of hydrogen-bond donors (Lipinski definition) is 2. The normalized spacial score (nSPS) is 24.5. The second-order valence-electron chi connectivity index (χ2n) is 4.95. The molecule has 0 amide bonds. The predicted octanol–water partition coefficient (Wildman–Crippen LogP) is 1.97. The van der Waals surface area contributed by atoms with Crippen LogP contribution in [0.4, 0.5) is 5.69 Å². The van der Waals surface area contributed by atoms with Crippen molar-refractivity contribution in [3.63, 3.8) is 0 Å². The summed E-state index contributed by atoms with van der Waals surface area (Å²) in [6.07, 6.45) is 3.87. The maximum atomic E-state index is 5.89. The van der Waals surface area contributed by atoms with Gasteiger partial charge in [0.15, 0.2) is 5.96 Å². The largest absolute Gasteiger partial charge is 0.497 e. The van der Waals surface area contributed by atoms with Crippen LogP contribution in [0.15, 0.2) is 29.3 Å². The highest BCUT2D eigenvalue weighted by Gasteiger charge is 2.63. The van der Waals surface area contributed by atoms with Crippen molar-refractivity contribution in [3.8, 4) is 5.75 Å². The van der Waals surface area contributed by atoms with Crippen molar-refractivity contribution in [2.45, 2.75) is 25.3 Å². The van der Waals surface area contributed by atoms with E-state index in [4.69, 9.17) is 10.5 Å². The highest BCUT2D eigenvalue weighted by atomic mass is 16.5. The summed E-state index contributed by atoms with van der Waals surface area (Å²) < 4.78 is 5.15. The Bertz CT molecular complexity index is 465. The Morgan fingerprint density at radius 3 is 3.00 bits per heavy atom. The number of methoxy groups -OCH3 is 1. The van der Waals surface area contributed by atoms with Gasteiger partial charge in [0, 0.05) is 11.8 Å². The van der Waals surface area contributed by atoms with Crippen LogP contribution in [-0.2, 0) is 0 Å². The Hall–Kier alpha value is -1.71. The summed E-state index contributed by atoms with van der Waals surface area (Å²) in [6.45, 7) is 0. The number of aliphatic imine (C=N–C) groups is 1. The maximum absolute atomic E-state index is 5.89. The third kappa shape index (κ3) is 2.07. The number of hydrogen-bond acceptors (Lipinski definition) is 2. The van der Waals surface area contributed by atoms with Gasteiger partial charge in [-0.05, 0) is 36.8 Å². The number of nitrogens with two attached hydrogens (primary N) is 1. The average molecular weight is 231 g/mol. The molecule has 3 N–H and O–H groups in total. The monoisotopic (exact) mass is 231 g/mol. The molecule has 1 aromatic carbocycles. The van der Waals surface area contributed by atoms with Gasteiger partial charge in [-0.25, -0.2) is 4.99 Å². The summed E-state index contributed by atoms with van der Waals surface area (Å²) in [6, 6.07) is 8.14. The molecule has 17 heavy (non-hydrogen) atoms. The summed E-state index contributed by atoms with van der Waals surface area (Å²) in [5, 5.41) is 3.10. The number of benzene rings is 1. The van der Waals surface area contributed by atoms with Crippen molar-refractivity contribution in [1.82, 2.24) is 0 Å². The van der Waals surface area contributed by atoms with Crippen LogP contribution >= 0.6 is 0 Å². The van der Waals surface area contributed by atoms with E-state index < -0.39 is 0 Å². The highest BCUT2D eigenvalue weighted by molar-refractivity contribution is 5.92. The fraction of sp³-hybridized carbons (Fsp3) is 0.462. The summed E-state index contributed by atoms with van der Waals surface area (Å²) in [4.78, 5) is 4.50. The van der Waals surface area contributed by atoms with Crippen LogP contribution in [0.25, 0.3) is 0 Å². The fourth-order valence-corrected chi connectivity index (χ4v) is 2.26. The van der Waals surface area contributed by atoms with Gasteiger partial charge >= 0.3 is 0 Å². The van der Waals surface area contributed by atoms with Crippen LogP contribution in [0.5, 0.6) is 5.75 Å². The number of nitrogens with one attached hydrogen (secondary N) is 1. The van der Waals surface area contributed by atoms with Crippen molar-refractivity contribution in [1.29, 1.82) is 0 Å². The molecule has 4 heteroatoms. The molecule has 0 aliphatic heterocycles. The summed E-state index contributed by atoms with van der Waals surface area (Å²) in [7, 11) is 1.65. The van der Waals surface area contributed by atoms with E-state index in [0.717, 1.165) is 11.4 Å². The lowest BCUT2D eigenvalue weighted by Gasteiger charge is -2.07. The topological polar surface area (TPSA) is 59.6 Å². The molecule has 0 saturated heterocycles. The molecule has 0 radical (unpaired) electrons. The Morgan fingerprint density at radius 2 is 2.35 bits per heavy atom. The van der Waals surface area contributed by atoms with Crippen molar-refractivity contribution < 1.29 is 4.74 Å². The third-order valence-corrected chi connectivity index (χ3v) is 3.68. The first-order chi connectivity index (χ1) is 8.22. The molecule has 1 atom stereocenters. The van der Waals surface area contributed by atoms with Crippen LogP contribution in [0, 0.1) is 5.41 Å². The fourth-order valence-electron chi connectivity index (χ4n) is 2.26. The second-order valence-corrected chi connectivity index (χ2v) is 4.95. The standard InChI is InChI=1S/C13H17N3O/c1-17-10-4-2-3-9(7-10)15-12(14)16-11-8-13(11)5-6-13/h2-4,7,11H,5-6,8H2,1H3,(H3,14,15,16). The minimum Gasteiger partial charge on any atom is -0.497 e. The predicted molar refractivity (Wildman–Crippen MR) is 68.3 cm³/mol. The number of anilines is 1. The van der Waals surface area contributed by atoms with E-state index in [1.165, 1.54) is 19.3 Å². The van der Waals surface area contributed by atoms with Gasteiger partial charge in [-0.1, -0.05) is 6.07 Å². The summed E-state index contributed by atoms with van der Waals surface area (Å²) >= 11 is 0. The smallest absolute Gasteiger partial charge is 0.193 e. The molecule has 1 aromatic rings. The first-order valence-electron chi connectivity index (χ1n) is 5.96. The average Bonchev–Trinajstić information content (AvgIpc) is 3.21. The lowest BCUT2D eigenvalue weighted by Crippen LogP contribution is -2.23. The zero-order chi connectivity index (χ0) is 11.9. The summed E-state index contributed by atoms with van der Waals surface area (Å²) in [5.41, 5.74) is 7.35. The molecule has 90 valence electrons. The van der Waals surface area contributed by atoms with Crippen molar-refractivity contribution >= 4 is 11.6 Å². The Kier molecular flexibility index (Phi) is 2.24. The number of rotatable bonds is 3. The maximum Gasteiger partial charge on any atom is 0.193 e. The zero-order valence-corrected chi connectivity index (χ0v) is 9.94. The molecule has 2 fully saturated rings. The quantitative estimate of drug-likeness (QED) is 0.617. The van der Waals surface area contributed by atoms with Gasteiger partial charge in [-0.3, -0.25) is 0 Å². The molecule has 2 saturated carbocycles. The van der Waals surface area contributed by atoms with Crippen molar-refractivity contribution in [2.75, 3.05) is 12.4 Å². The number of guanidine groups is 1. The van der Waals surface area contributed by atoms with E-state index in [9.17, 15) is 0 Å². The van der Waals surface area contributed by atoms with Gasteiger partial charge in [-0.15, -0.1) is 0 Å². The van der Waals surface area contributed by atoms with Crippen LogP contribution in [0.1, 0.15) is 19.3 Å². The van der Waals surface area contributed by atoms with Gasteiger partial charge in [0.2, 0.25) is 0 Å². The Balaban J connectivity index is 1.65. The zero-order valence-electron chi connectivity index (χ0n) is 9.94. The minimum atomic E-state index is 0.459. The first-order valence-corrected chi connectivity index (χ1v) is 5.96. The molecule has 2 aliphatic rings. The van der Waals surface area contributed by atoms with Gasteiger partial charge in [0.25, 0.3) is 0 Å². The number of ether oxygens (including phenoxy) is 1. The third-order valence-electron chi connectivity index (χ3n) is 3.68. The molecule has 0 heterocycles. The first kappa shape index (κ1) is 10.4. The highest BCUT2D eigenvalue weighted by Crippen LogP contribution is 2.67. The van der Waals surface area contributed by atoms with Crippen LogP contribution in [0.3, 0.4) is 0 Å². The molecule has 3 rings (SSSR count). The molecule has 0 aromatic heterocycles. The Morgan fingerprint density at radius 1 is 1.53 bits per heavy atom. The van der Waals surface area contributed by atoms with Gasteiger partial charge in [0.05, 0.1) is 13.2 Å². The molecule has 4 nitrogen and oxygen atoms in total. The van der Waals surface area contributed by atoms with E-state index in [-0.39, 0.29) is 0 Å². The number of nitrogens with zero attached hydrogens (tertiary/aromatic N) is 1. The van der Waals surface area contributed by atoms with E-state index >= 15 is 0 Å². The molecular weight excluding hydrogens is 214 g/mol. The van der Waals surface area contributed by atoms with Crippen LogP contribution < -0.4 is 15.8 Å².